The van der Waals surface area contributed by atoms with Crippen LogP contribution in [-0.4, -0.2) is 16.2 Å². The van der Waals surface area contributed by atoms with E-state index in [9.17, 15) is 0 Å². The zero-order valence-electron chi connectivity index (χ0n) is 22.4. The van der Waals surface area contributed by atoms with Crippen molar-refractivity contribution < 1.29 is 20.1 Å². The number of benzene rings is 3. The maximum atomic E-state index is 4.46. The van der Waals surface area contributed by atoms with Crippen LogP contribution < -0.4 is 4.98 Å². The van der Waals surface area contributed by atoms with Crippen molar-refractivity contribution in [1.29, 1.82) is 0 Å². The molecule has 40 heavy (non-hydrogen) atoms. The summed E-state index contributed by atoms with van der Waals surface area (Å²) in [6.45, 7) is 4.14. The molecule has 5 heteroatoms. The van der Waals surface area contributed by atoms with Gasteiger partial charge in [-0.3, -0.25) is 4.99 Å². The number of aromatic nitrogens is 3. The molecule has 0 aliphatic heterocycles. The van der Waals surface area contributed by atoms with E-state index in [1.54, 1.807) is 24.8 Å². The van der Waals surface area contributed by atoms with Crippen LogP contribution in [0.25, 0.3) is 22.5 Å². The number of para-hydroxylation sites is 1. The first-order valence-electron chi connectivity index (χ1n) is 12.6. The van der Waals surface area contributed by atoms with Crippen molar-refractivity contribution in [2.75, 3.05) is 0 Å². The molecule has 3 heterocycles. The summed E-state index contributed by atoms with van der Waals surface area (Å²) in [5.74, 6) is 0. The number of aliphatic imine (C=N–C) groups is 1. The van der Waals surface area contributed by atoms with Crippen LogP contribution in [0, 0.1) is 26.0 Å². The minimum atomic E-state index is 0. The minimum Gasteiger partial charge on any atom is -0.663 e. The Bertz CT molecular complexity index is 1370. The van der Waals surface area contributed by atoms with E-state index in [2.05, 4.69) is 58.1 Å². The van der Waals surface area contributed by atoms with Gasteiger partial charge in [0.25, 0.3) is 0 Å². The average molecular weight is 698 g/mol. The number of pyridine rings is 2. The Morgan fingerprint density at radius 2 is 1.18 bits per heavy atom. The van der Waals surface area contributed by atoms with E-state index in [1.807, 2.05) is 103 Å². The van der Waals surface area contributed by atoms with E-state index in [-0.39, 0.29) is 20.1 Å². The molecule has 0 aliphatic rings. The van der Waals surface area contributed by atoms with Crippen molar-refractivity contribution in [2.24, 2.45) is 4.99 Å². The summed E-state index contributed by atoms with van der Waals surface area (Å²) in [5, 5.41) is 0. The molecule has 0 amide bonds. The van der Waals surface area contributed by atoms with E-state index in [0.29, 0.717) is 0 Å². The third kappa shape index (κ3) is 9.39. The molecule has 0 saturated carbocycles. The van der Waals surface area contributed by atoms with Gasteiger partial charge in [-0.1, -0.05) is 54.6 Å². The molecule has 0 fully saturated rings. The molecule has 0 atom stereocenters. The summed E-state index contributed by atoms with van der Waals surface area (Å²) < 4.78 is 0. The molecule has 6 rings (SSSR count). The summed E-state index contributed by atoms with van der Waals surface area (Å²) in [6.07, 6.45) is 7.15. The van der Waals surface area contributed by atoms with Gasteiger partial charge in [-0.2, -0.15) is 6.20 Å². The summed E-state index contributed by atoms with van der Waals surface area (Å²) in [6, 6.07) is 43.7. The van der Waals surface area contributed by atoms with Gasteiger partial charge in [0, 0.05) is 18.6 Å². The van der Waals surface area contributed by atoms with Crippen LogP contribution in [0.4, 0.5) is 5.69 Å². The Kier molecular flexibility index (Phi) is 12.4. The molecule has 0 N–H and O–H groups in total. The topological polar surface area (TPSA) is 52.2 Å². The van der Waals surface area contributed by atoms with Gasteiger partial charge >= 0.3 is 20.1 Å². The molecule has 6 aromatic rings. The van der Waals surface area contributed by atoms with Crippen molar-refractivity contribution in [2.45, 2.75) is 13.8 Å². The normalized spacial score (nSPS) is 9.95. The molecular formula is C35H29IrN4. The zero-order chi connectivity index (χ0) is 27.1. The SMILES string of the molecule is Cc1cccc(C)c1N=Cc1ccc[n-]1.[Ir+3].[c-]1ccccc1-c1ccccn1.[c-]1ccccc1-c1ccccn1. The molecule has 198 valence electrons. The summed E-state index contributed by atoms with van der Waals surface area (Å²) in [7, 11) is 0. The third-order valence-corrected chi connectivity index (χ3v) is 5.64. The van der Waals surface area contributed by atoms with Crippen LogP contribution in [-0.2, 0) is 20.1 Å². The Labute approximate surface area is 250 Å². The van der Waals surface area contributed by atoms with E-state index in [0.717, 1.165) is 33.9 Å². The quantitative estimate of drug-likeness (QED) is 0.138. The number of aryl methyl sites for hydroxylation is 2. The first-order valence-corrected chi connectivity index (χ1v) is 12.6. The van der Waals surface area contributed by atoms with Gasteiger partial charge < -0.3 is 15.0 Å². The number of hydrogen-bond donors (Lipinski definition) is 0. The third-order valence-electron chi connectivity index (χ3n) is 5.64. The number of rotatable bonds is 4. The molecule has 0 unspecified atom stereocenters. The fourth-order valence-electron chi connectivity index (χ4n) is 3.68. The first kappa shape index (κ1) is 30.1. The molecule has 3 aromatic carbocycles. The molecule has 0 bridgehead atoms. The van der Waals surface area contributed by atoms with Gasteiger partial charge in [-0.25, -0.2) is 0 Å². The minimum absolute atomic E-state index is 0. The van der Waals surface area contributed by atoms with Gasteiger partial charge in [0.05, 0.1) is 5.69 Å². The predicted molar refractivity (Wildman–Crippen MR) is 160 cm³/mol. The Balaban J connectivity index is 0.000000165. The summed E-state index contributed by atoms with van der Waals surface area (Å²) in [5.41, 5.74) is 8.35. The zero-order valence-corrected chi connectivity index (χ0v) is 24.8. The standard InChI is InChI=1S/C13H13N2.2C11H8N.Ir/c1-10-5-3-6-11(2)13(10)15-9-12-7-4-8-14-12;2*1-2-6-10(7-3-1)11-8-4-5-9-12-11;/h3-9H,1-2H3;2*1-6,8-9H;/q3*-1;+3. The first-order chi connectivity index (χ1) is 19.2. The second kappa shape index (κ2) is 16.5. The van der Waals surface area contributed by atoms with Crippen LogP contribution in [0.3, 0.4) is 0 Å². The van der Waals surface area contributed by atoms with E-state index < -0.39 is 0 Å². The average Bonchev–Trinajstić information content (AvgIpc) is 3.53. The summed E-state index contributed by atoms with van der Waals surface area (Å²) in [4.78, 5) is 17.0. The van der Waals surface area contributed by atoms with Crippen molar-refractivity contribution in [3.8, 4) is 22.5 Å². The molecule has 0 saturated heterocycles. The monoisotopic (exact) mass is 698 g/mol. The van der Waals surface area contributed by atoms with Gasteiger partial charge in [-0.15, -0.1) is 77.5 Å². The second-order valence-corrected chi connectivity index (χ2v) is 8.54. The van der Waals surface area contributed by atoms with Crippen molar-refractivity contribution in [3.05, 3.63) is 163 Å². The van der Waals surface area contributed by atoms with Crippen molar-refractivity contribution in [1.82, 2.24) is 15.0 Å². The summed E-state index contributed by atoms with van der Waals surface area (Å²) >= 11 is 0. The molecular weight excluding hydrogens is 669 g/mol. The van der Waals surface area contributed by atoms with Gasteiger partial charge in [0.15, 0.2) is 0 Å². The Morgan fingerprint density at radius 1 is 0.625 bits per heavy atom. The van der Waals surface area contributed by atoms with Crippen molar-refractivity contribution in [3.63, 3.8) is 0 Å². The smallest absolute Gasteiger partial charge is 0.663 e. The van der Waals surface area contributed by atoms with Crippen LogP contribution in [0.1, 0.15) is 16.8 Å². The molecule has 0 spiro atoms. The Morgan fingerprint density at radius 3 is 1.60 bits per heavy atom. The van der Waals surface area contributed by atoms with Crippen molar-refractivity contribution >= 4 is 11.9 Å². The van der Waals surface area contributed by atoms with E-state index in [1.165, 1.54) is 11.1 Å². The molecule has 0 aliphatic carbocycles. The fourth-order valence-corrected chi connectivity index (χ4v) is 3.68. The molecule has 0 radical (unpaired) electrons. The van der Waals surface area contributed by atoms with Gasteiger partial charge in [-0.05, 0) is 48.5 Å². The van der Waals surface area contributed by atoms with Crippen LogP contribution in [0.15, 0.2) is 139 Å². The van der Waals surface area contributed by atoms with E-state index >= 15 is 0 Å². The largest absolute Gasteiger partial charge is 3.00 e. The van der Waals surface area contributed by atoms with Gasteiger partial charge in [0.2, 0.25) is 0 Å². The number of hydrogen-bond acceptors (Lipinski definition) is 3. The Hall–Kier alpha value is -4.44. The fraction of sp³-hybridized carbons (Fsp3) is 0.0571. The van der Waals surface area contributed by atoms with Crippen LogP contribution in [0.5, 0.6) is 0 Å². The maximum absolute atomic E-state index is 4.46. The molecule has 3 aromatic heterocycles. The van der Waals surface area contributed by atoms with E-state index in [4.69, 9.17) is 0 Å². The number of nitrogens with zero attached hydrogens (tertiary/aromatic N) is 4. The second-order valence-electron chi connectivity index (χ2n) is 8.54. The van der Waals surface area contributed by atoms with Crippen LogP contribution >= 0.6 is 0 Å². The maximum Gasteiger partial charge on any atom is 3.00 e. The van der Waals surface area contributed by atoms with Gasteiger partial charge in [0.1, 0.15) is 0 Å². The molecule has 4 nitrogen and oxygen atoms in total. The predicted octanol–water partition coefficient (Wildman–Crippen LogP) is 8.11. The van der Waals surface area contributed by atoms with Crippen LogP contribution in [0.2, 0.25) is 0 Å².